The summed E-state index contributed by atoms with van der Waals surface area (Å²) >= 11 is 1.22. The number of fused-ring (bicyclic) bond motifs is 1. The molecule has 0 spiro atoms. The molecule has 4 rings (SSSR count). The Labute approximate surface area is 168 Å². The second-order valence-electron chi connectivity index (χ2n) is 6.59. The monoisotopic (exact) mass is 408 g/mol. The fourth-order valence-electron chi connectivity index (χ4n) is 2.75. The van der Waals surface area contributed by atoms with E-state index < -0.39 is 4.92 Å². The number of thiazole rings is 1. The molecular weight excluding hydrogens is 392 g/mol. The number of ether oxygens (including phenoxy) is 1. The molecule has 0 saturated carbocycles. The molecule has 2 heterocycles. The average molecular weight is 408 g/mol. The van der Waals surface area contributed by atoms with Gasteiger partial charge in [-0.2, -0.15) is 9.50 Å². The van der Waals surface area contributed by atoms with Crippen LogP contribution in [0.5, 0.6) is 5.75 Å². The predicted octanol–water partition coefficient (Wildman–Crippen LogP) is 3.06. The Morgan fingerprint density at radius 2 is 1.83 bits per heavy atom. The van der Waals surface area contributed by atoms with Crippen molar-refractivity contribution in [2.24, 2.45) is 0 Å². The zero-order valence-electron chi connectivity index (χ0n) is 15.6. The van der Waals surface area contributed by atoms with Crippen molar-refractivity contribution >= 4 is 28.1 Å². The van der Waals surface area contributed by atoms with Gasteiger partial charge in [-0.1, -0.05) is 11.3 Å². The van der Waals surface area contributed by atoms with Crippen LogP contribution < -0.4 is 14.8 Å². The molecule has 146 valence electrons. The van der Waals surface area contributed by atoms with E-state index in [0.717, 1.165) is 11.3 Å². The minimum absolute atomic E-state index is 0.00148. The molecule has 29 heavy (non-hydrogen) atoms. The van der Waals surface area contributed by atoms with Crippen molar-refractivity contribution in [1.29, 1.82) is 0 Å². The standard InChI is InChI=1S/C20H16N4O4S/c1-12(2)28-16-9-5-14(6-10-16)18-21-20-23(22-18)19(25)17(29-20)11-13-3-7-15(8-4-13)24(26)27/h3-12H,1-2H3/b17-11+. The van der Waals surface area contributed by atoms with Gasteiger partial charge in [0, 0.05) is 17.7 Å². The third-order valence-corrected chi connectivity index (χ3v) is 5.03. The predicted molar refractivity (Wildman–Crippen MR) is 110 cm³/mol. The number of non-ortho nitro benzene ring substituents is 1. The summed E-state index contributed by atoms with van der Waals surface area (Å²) in [4.78, 5) is 27.9. The highest BCUT2D eigenvalue weighted by Gasteiger charge is 2.12. The second kappa shape index (κ2) is 7.44. The fraction of sp³-hybridized carbons (Fsp3) is 0.150. The number of nitrogens with zero attached hydrogens (tertiary/aromatic N) is 4. The molecule has 0 aliphatic rings. The van der Waals surface area contributed by atoms with Crippen molar-refractivity contribution in [3.63, 3.8) is 0 Å². The molecule has 4 aromatic rings. The normalized spacial score (nSPS) is 12.0. The van der Waals surface area contributed by atoms with Crippen molar-refractivity contribution < 1.29 is 9.66 Å². The molecule has 9 heteroatoms. The molecule has 0 fully saturated rings. The Hall–Kier alpha value is -3.59. The van der Waals surface area contributed by atoms with E-state index >= 15 is 0 Å². The first-order chi connectivity index (χ1) is 13.9. The van der Waals surface area contributed by atoms with Crippen LogP contribution in [0.3, 0.4) is 0 Å². The molecular formula is C20H16N4O4S. The zero-order valence-corrected chi connectivity index (χ0v) is 16.4. The van der Waals surface area contributed by atoms with Crippen LogP contribution in [0, 0.1) is 10.1 Å². The van der Waals surface area contributed by atoms with E-state index in [1.54, 1.807) is 18.2 Å². The van der Waals surface area contributed by atoms with E-state index in [1.807, 2.05) is 38.1 Å². The summed E-state index contributed by atoms with van der Waals surface area (Å²) in [6, 6.07) is 13.4. The summed E-state index contributed by atoms with van der Waals surface area (Å²) in [6.45, 7) is 3.92. The van der Waals surface area contributed by atoms with Crippen LogP contribution in [-0.2, 0) is 0 Å². The van der Waals surface area contributed by atoms with Crippen LogP contribution in [0.15, 0.2) is 53.3 Å². The lowest BCUT2D eigenvalue weighted by atomic mass is 10.2. The van der Waals surface area contributed by atoms with E-state index in [1.165, 1.54) is 28.0 Å². The first-order valence-electron chi connectivity index (χ1n) is 8.83. The van der Waals surface area contributed by atoms with Crippen molar-refractivity contribution in [3.8, 4) is 17.1 Å². The second-order valence-corrected chi connectivity index (χ2v) is 7.59. The van der Waals surface area contributed by atoms with Gasteiger partial charge in [-0.05, 0) is 61.9 Å². The Balaban J connectivity index is 1.65. The molecule has 0 unspecified atom stereocenters. The molecule has 2 aromatic carbocycles. The summed E-state index contributed by atoms with van der Waals surface area (Å²) < 4.78 is 7.36. The van der Waals surface area contributed by atoms with Crippen molar-refractivity contribution in [2.75, 3.05) is 0 Å². The Morgan fingerprint density at radius 3 is 2.41 bits per heavy atom. The van der Waals surface area contributed by atoms with E-state index in [4.69, 9.17) is 4.74 Å². The Morgan fingerprint density at radius 1 is 1.14 bits per heavy atom. The van der Waals surface area contributed by atoms with Gasteiger partial charge in [0.25, 0.3) is 11.2 Å². The molecule has 0 N–H and O–H groups in total. The number of hydrogen-bond acceptors (Lipinski definition) is 7. The van der Waals surface area contributed by atoms with Crippen molar-refractivity contribution in [3.05, 3.63) is 79.1 Å². The zero-order chi connectivity index (χ0) is 20.5. The summed E-state index contributed by atoms with van der Waals surface area (Å²) in [7, 11) is 0. The molecule has 0 bridgehead atoms. The SMILES string of the molecule is CC(C)Oc1ccc(-c2nc3s/c(=C/c4ccc([N+](=O)[O-])cc4)c(=O)n3n2)cc1. The largest absolute Gasteiger partial charge is 0.491 e. The quantitative estimate of drug-likeness (QED) is 0.372. The number of nitro groups is 1. The number of aromatic nitrogens is 3. The maximum absolute atomic E-state index is 12.6. The van der Waals surface area contributed by atoms with Crippen LogP contribution in [0.25, 0.3) is 22.4 Å². The molecule has 0 aliphatic heterocycles. The van der Waals surface area contributed by atoms with Crippen molar-refractivity contribution in [2.45, 2.75) is 20.0 Å². The lowest BCUT2D eigenvalue weighted by molar-refractivity contribution is -0.384. The number of rotatable bonds is 5. The first-order valence-corrected chi connectivity index (χ1v) is 9.65. The summed E-state index contributed by atoms with van der Waals surface area (Å²) in [6.07, 6.45) is 1.76. The van der Waals surface area contributed by atoms with Crippen LogP contribution in [0.1, 0.15) is 19.4 Å². The third kappa shape index (κ3) is 3.85. The smallest absolute Gasteiger partial charge is 0.291 e. The summed E-state index contributed by atoms with van der Waals surface area (Å²) in [5, 5.41) is 15.1. The highest BCUT2D eigenvalue weighted by atomic mass is 32.1. The highest BCUT2D eigenvalue weighted by molar-refractivity contribution is 7.15. The van der Waals surface area contributed by atoms with Gasteiger partial charge in [-0.15, -0.1) is 5.10 Å². The maximum atomic E-state index is 12.6. The van der Waals surface area contributed by atoms with Gasteiger partial charge < -0.3 is 4.74 Å². The number of benzene rings is 2. The molecule has 0 amide bonds. The van der Waals surface area contributed by atoms with Gasteiger partial charge in [-0.3, -0.25) is 14.9 Å². The van der Waals surface area contributed by atoms with Gasteiger partial charge >= 0.3 is 0 Å². The average Bonchev–Trinajstić information content (AvgIpc) is 3.22. The fourth-order valence-corrected chi connectivity index (χ4v) is 3.66. The van der Waals surface area contributed by atoms with E-state index in [-0.39, 0.29) is 17.4 Å². The summed E-state index contributed by atoms with van der Waals surface area (Å²) in [5.74, 6) is 1.22. The maximum Gasteiger partial charge on any atom is 0.291 e. The van der Waals surface area contributed by atoms with Crippen molar-refractivity contribution in [1.82, 2.24) is 14.6 Å². The molecule has 8 nitrogen and oxygen atoms in total. The van der Waals surface area contributed by atoms with Gasteiger partial charge in [0.1, 0.15) is 5.75 Å². The van der Waals surface area contributed by atoms with Gasteiger partial charge in [-0.25, -0.2) is 0 Å². The number of hydrogen-bond donors (Lipinski definition) is 0. The Bertz CT molecular complexity index is 1290. The van der Waals surface area contributed by atoms with Crippen LogP contribution >= 0.6 is 11.3 Å². The first kappa shape index (κ1) is 18.8. The lowest BCUT2D eigenvalue weighted by Crippen LogP contribution is -2.23. The minimum atomic E-state index is -0.463. The Kier molecular flexibility index (Phi) is 4.81. The lowest BCUT2D eigenvalue weighted by Gasteiger charge is -2.09. The highest BCUT2D eigenvalue weighted by Crippen LogP contribution is 2.21. The van der Waals surface area contributed by atoms with E-state index in [0.29, 0.717) is 20.9 Å². The van der Waals surface area contributed by atoms with Crippen LogP contribution in [0.2, 0.25) is 0 Å². The molecule has 0 atom stereocenters. The third-order valence-electron chi connectivity index (χ3n) is 4.07. The molecule has 0 aliphatic carbocycles. The van der Waals surface area contributed by atoms with E-state index in [2.05, 4.69) is 10.1 Å². The molecule has 2 aromatic heterocycles. The van der Waals surface area contributed by atoms with Crippen LogP contribution in [0.4, 0.5) is 5.69 Å². The topological polar surface area (TPSA) is 99.6 Å². The van der Waals surface area contributed by atoms with Crippen LogP contribution in [-0.4, -0.2) is 25.6 Å². The summed E-state index contributed by atoms with van der Waals surface area (Å²) in [5.41, 5.74) is 1.21. The minimum Gasteiger partial charge on any atom is -0.491 e. The molecule has 0 radical (unpaired) electrons. The van der Waals surface area contributed by atoms with Gasteiger partial charge in [0.2, 0.25) is 4.96 Å². The molecule has 0 saturated heterocycles. The number of nitro benzene ring substituents is 1. The van der Waals surface area contributed by atoms with Gasteiger partial charge in [0.05, 0.1) is 15.6 Å². The van der Waals surface area contributed by atoms with Gasteiger partial charge in [0.15, 0.2) is 5.82 Å². The van der Waals surface area contributed by atoms with E-state index in [9.17, 15) is 14.9 Å².